The molecular weight excluding hydrogens is 374 g/mol. The van der Waals surface area contributed by atoms with Gasteiger partial charge in [-0.25, -0.2) is 9.10 Å². The SMILES string of the molecule is CN(CCOCCCNC(=O)N(S)C(=O)c1ccccc1)Cc1ccccc1. The second-order valence-electron chi connectivity index (χ2n) is 6.40. The van der Waals surface area contributed by atoms with Crippen LogP contribution in [0.3, 0.4) is 0 Å². The Morgan fingerprint density at radius 1 is 1.00 bits per heavy atom. The van der Waals surface area contributed by atoms with E-state index in [1.807, 2.05) is 18.2 Å². The third-order valence-electron chi connectivity index (χ3n) is 4.06. The Labute approximate surface area is 172 Å². The molecule has 0 aliphatic heterocycles. The molecule has 0 aromatic heterocycles. The molecule has 0 fully saturated rings. The lowest BCUT2D eigenvalue weighted by Crippen LogP contribution is -2.38. The van der Waals surface area contributed by atoms with E-state index in [0.29, 0.717) is 31.7 Å². The molecule has 2 aromatic carbocycles. The van der Waals surface area contributed by atoms with Gasteiger partial charge in [-0.3, -0.25) is 9.69 Å². The number of hydrogen-bond donors (Lipinski definition) is 2. The second kappa shape index (κ2) is 12.2. The molecule has 1 N–H and O–H groups in total. The highest BCUT2D eigenvalue weighted by molar-refractivity contribution is 7.79. The Kier molecular flexibility index (Phi) is 9.54. The number of thiol groups is 1. The molecule has 0 heterocycles. The summed E-state index contributed by atoms with van der Waals surface area (Å²) in [5, 5.41) is 2.66. The quantitative estimate of drug-likeness (QED) is 0.474. The lowest BCUT2D eigenvalue weighted by atomic mass is 10.2. The van der Waals surface area contributed by atoms with Gasteiger partial charge in [-0.15, -0.1) is 0 Å². The summed E-state index contributed by atoms with van der Waals surface area (Å²) in [7, 11) is 2.06. The molecule has 2 rings (SSSR count). The van der Waals surface area contributed by atoms with Crippen molar-refractivity contribution < 1.29 is 14.3 Å². The number of likely N-dealkylation sites (N-methyl/N-ethyl adjacent to an activating group) is 1. The van der Waals surface area contributed by atoms with Crippen molar-refractivity contribution in [3.05, 3.63) is 71.8 Å². The van der Waals surface area contributed by atoms with Gasteiger partial charge < -0.3 is 10.1 Å². The number of benzene rings is 2. The van der Waals surface area contributed by atoms with Crippen LogP contribution in [0.4, 0.5) is 4.79 Å². The zero-order valence-electron chi connectivity index (χ0n) is 16.1. The van der Waals surface area contributed by atoms with Gasteiger partial charge in [0.2, 0.25) is 0 Å². The molecule has 0 spiro atoms. The molecule has 6 nitrogen and oxygen atoms in total. The predicted molar refractivity (Wildman–Crippen MR) is 113 cm³/mol. The van der Waals surface area contributed by atoms with E-state index in [1.54, 1.807) is 30.3 Å². The maximum Gasteiger partial charge on any atom is 0.334 e. The molecule has 7 heteroatoms. The molecule has 0 radical (unpaired) electrons. The molecule has 0 atom stereocenters. The molecule has 2 aromatic rings. The largest absolute Gasteiger partial charge is 0.380 e. The third kappa shape index (κ3) is 7.72. The van der Waals surface area contributed by atoms with Crippen molar-refractivity contribution in [3.8, 4) is 0 Å². The first kappa shape index (κ1) is 21.9. The van der Waals surface area contributed by atoms with Gasteiger partial charge in [0.15, 0.2) is 0 Å². The Bertz CT molecular complexity index is 728. The van der Waals surface area contributed by atoms with Crippen LogP contribution in [0.1, 0.15) is 22.3 Å². The molecule has 0 bridgehead atoms. The first-order valence-corrected chi connectivity index (χ1v) is 9.64. The topological polar surface area (TPSA) is 61.9 Å². The minimum Gasteiger partial charge on any atom is -0.380 e. The first-order valence-electron chi connectivity index (χ1n) is 9.24. The van der Waals surface area contributed by atoms with E-state index in [9.17, 15) is 9.59 Å². The minimum absolute atomic E-state index is 0.413. The number of nitrogens with one attached hydrogen (secondary N) is 1. The Balaban J connectivity index is 1.54. The molecule has 150 valence electrons. The highest BCUT2D eigenvalue weighted by Gasteiger charge is 2.18. The van der Waals surface area contributed by atoms with E-state index >= 15 is 0 Å². The molecular formula is C21H27N3O3S. The van der Waals surface area contributed by atoms with Crippen molar-refractivity contribution in [2.45, 2.75) is 13.0 Å². The van der Waals surface area contributed by atoms with Crippen LogP contribution in [0.5, 0.6) is 0 Å². The highest BCUT2D eigenvalue weighted by Crippen LogP contribution is 2.07. The summed E-state index contributed by atoms with van der Waals surface area (Å²) in [6.45, 7) is 3.30. The predicted octanol–water partition coefficient (Wildman–Crippen LogP) is 3.22. The Morgan fingerprint density at radius 2 is 1.64 bits per heavy atom. The monoisotopic (exact) mass is 401 g/mol. The number of nitrogens with zero attached hydrogens (tertiary/aromatic N) is 2. The number of carbonyl (C=O) groups excluding carboxylic acids is 2. The van der Waals surface area contributed by atoms with Gasteiger partial charge in [0.1, 0.15) is 0 Å². The molecule has 0 saturated heterocycles. The fourth-order valence-corrected chi connectivity index (χ4v) is 2.72. The summed E-state index contributed by atoms with van der Waals surface area (Å²) in [6, 6.07) is 18.3. The molecule has 0 saturated carbocycles. The number of urea groups is 1. The van der Waals surface area contributed by atoms with Gasteiger partial charge in [-0.1, -0.05) is 61.3 Å². The lowest BCUT2D eigenvalue weighted by Gasteiger charge is -2.17. The zero-order chi connectivity index (χ0) is 20.2. The fourth-order valence-electron chi connectivity index (χ4n) is 2.54. The van der Waals surface area contributed by atoms with Gasteiger partial charge >= 0.3 is 6.03 Å². The number of hydrogen-bond acceptors (Lipinski definition) is 5. The van der Waals surface area contributed by atoms with Gasteiger partial charge in [-0.05, 0) is 31.2 Å². The number of carbonyl (C=O) groups is 2. The van der Waals surface area contributed by atoms with Crippen molar-refractivity contribution in [1.82, 2.24) is 14.5 Å². The first-order chi connectivity index (χ1) is 13.6. The minimum atomic E-state index is -0.542. The highest BCUT2D eigenvalue weighted by atomic mass is 32.1. The average Bonchev–Trinajstić information content (AvgIpc) is 2.73. The average molecular weight is 402 g/mol. The summed E-state index contributed by atoms with van der Waals surface area (Å²) in [6.07, 6.45) is 0.662. The molecule has 0 aliphatic carbocycles. The van der Waals surface area contributed by atoms with E-state index in [0.717, 1.165) is 17.4 Å². The van der Waals surface area contributed by atoms with Crippen molar-refractivity contribution in [2.24, 2.45) is 0 Å². The standard InChI is InChI=1S/C21H27N3O3S/c1-23(17-18-9-4-2-5-10-18)14-16-27-15-8-13-22-21(26)24(28)20(25)19-11-6-3-7-12-19/h2-7,9-12,28H,8,13-17H2,1H3,(H,22,26). The smallest absolute Gasteiger partial charge is 0.334 e. The Morgan fingerprint density at radius 3 is 2.32 bits per heavy atom. The normalized spacial score (nSPS) is 10.7. The van der Waals surface area contributed by atoms with Crippen molar-refractivity contribution >= 4 is 24.8 Å². The van der Waals surface area contributed by atoms with Crippen LogP contribution >= 0.6 is 12.8 Å². The van der Waals surface area contributed by atoms with Gasteiger partial charge in [0.05, 0.1) is 6.61 Å². The second-order valence-corrected chi connectivity index (χ2v) is 6.80. The summed E-state index contributed by atoms with van der Waals surface area (Å²) < 4.78 is 6.39. The molecule has 28 heavy (non-hydrogen) atoms. The van der Waals surface area contributed by atoms with Crippen molar-refractivity contribution in [1.29, 1.82) is 0 Å². The fraction of sp³-hybridized carbons (Fsp3) is 0.333. The van der Waals surface area contributed by atoms with Gasteiger partial charge in [0.25, 0.3) is 5.91 Å². The van der Waals surface area contributed by atoms with E-state index in [1.165, 1.54) is 5.56 Å². The van der Waals surface area contributed by atoms with Crippen LogP contribution in [0, 0.1) is 0 Å². The van der Waals surface area contributed by atoms with Crippen LogP contribution in [-0.4, -0.2) is 54.5 Å². The summed E-state index contributed by atoms with van der Waals surface area (Å²) in [4.78, 5) is 26.3. The van der Waals surface area contributed by atoms with Crippen LogP contribution in [0.2, 0.25) is 0 Å². The third-order valence-corrected chi connectivity index (χ3v) is 4.42. The van der Waals surface area contributed by atoms with Crippen molar-refractivity contribution in [2.75, 3.05) is 33.4 Å². The number of amides is 3. The van der Waals surface area contributed by atoms with Gasteiger partial charge in [0, 0.05) is 31.8 Å². The van der Waals surface area contributed by atoms with Gasteiger partial charge in [-0.2, -0.15) is 0 Å². The maximum atomic E-state index is 12.1. The van der Waals surface area contributed by atoms with Crippen LogP contribution < -0.4 is 5.32 Å². The van der Waals surface area contributed by atoms with E-state index in [-0.39, 0.29) is 0 Å². The zero-order valence-corrected chi connectivity index (χ0v) is 17.0. The number of ether oxygens (including phenoxy) is 1. The summed E-state index contributed by atoms with van der Waals surface area (Å²) >= 11 is 3.99. The van der Waals surface area contributed by atoms with Crippen molar-refractivity contribution in [3.63, 3.8) is 0 Å². The summed E-state index contributed by atoms with van der Waals surface area (Å²) in [5.74, 6) is -0.459. The van der Waals surface area contributed by atoms with E-state index in [2.05, 4.69) is 42.2 Å². The summed E-state index contributed by atoms with van der Waals surface area (Å²) in [5.41, 5.74) is 1.68. The maximum absolute atomic E-state index is 12.1. The number of imide groups is 1. The van der Waals surface area contributed by atoms with E-state index in [4.69, 9.17) is 4.74 Å². The van der Waals surface area contributed by atoms with E-state index < -0.39 is 11.9 Å². The Hall–Kier alpha value is -2.35. The van der Waals surface area contributed by atoms with Crippen LogP contribution in [-0.2, 0) is 11.3 Å². The van der Waals surface area contributed by atoms with Crippen LogP contribution in [0.25, 0.3) is 0 Å². The molecule has 3 amide bonds. The molecule has 0 unspecified atom stereocenters. The lowest BCUT2D eigenvalue weighted by molar-refractivity contribution is 0.0894. The van der Waals surface area contributed by atoms with Crippen LogP contribution in [0.15, 0.2) is 60.7 Å². The molecule has 0 aliphatic rings. The number of rotatable bonds is 10.